The zero-order chi connectivity index (χ0) is 20.8. The lowest BCUT2D eigenvalue weighted by Crippen LogP contribution is -2.32. The van der Waals surface area contributed by atoms with Crippen LogP contribution in [0.1, 0.15) is 12.5 Å². The van der Waals surface area contributed by atoms with Gasteiger partial charge < -0.3 is 14.2 Å². The maximum atomic E-state index is 12.6. The molecule has 3 rings (SSSR count). The molecule has 2 aromatic carbocycles. The number of esters is 1. The normalized spacial score (nSPS) is 15.0. The van der Waals surface area contributed by atoms with Gasteiger partial charge in [-0.3, -0.25) is 19.3 Å². The summed E-state index contributed by atoms with van der Waals surface area (Å²) in [7, 11) is 1.54. The van der Waals surface area contributed by atoms with E-state index in [4.69, 9.17) is 14.2 Å². The maximum Gasteiger partial charge on any atom is 0.308 e. The lowest BCUT2D eigenvalue weighted by atomic mass is 10.2. The summed E-state index contributed by atoms with van der Waals surface area (Å²) in [5.74, 6) is 0.766. The number of hydrogen-bond acceptors (Lipinski definition) is 7. The molecule has 2 aromatic rings. The molecule has 2 amide bonds. The number of rotatable bonds is 7. The van der Waals surface area contributed by atoms with E-state index in [9.17, 15) is 14.4 Å². The third kappa shape index (κ3) is 5.17. The molecule has 0 unspecified atom stereocenters. The first-order valence-corrected chi connectivity index (χ1v) is 9.59. The van der Waals surface area contributed by atoms with E-state index in [1.165, 1.54) is 6.92 Å². The van der Waals surface area contributed by atoms with Gasteiger partial charge in [0, 0.05) is 6.92 Å². The second kappa shape index (κ2) is 9.29. The average molecular weight is 413 g/mol. The number of thioether (sulfide) groups is 1. The highest BCUT2D eigenvalue weighted by Crippen LogP contribution is 2.32. The summed E-state index contributed by atoms with van der Waals surface area (Å²) in [6.45, 7) is 1.61. The zero-order valence-electron chi connectivity index (χ0n) is 15.9. The van der Waals surface area contributed by atoms with Crippen molar-refractivity contribution in [3.05, 3.63) is 59.0 Å². The quantitative estimate of drug-likeness (QED) is 0.388. The van der Waals surface area contributed by atoms with E-state index in [1.807, 2.05) is 12.1 Å². The van der Waals surface area contributed by atoms with Crippen molar-refractivity contribution in [3.63, 3.8) is 0 Å². The van der Waals surface area contributed by atoms with Gasteiger partial charge in [-0.2, -0.15) is 0 Å². The molecule has 0 saturated carbocycles. The average Bonchev–Trinajstić information content (AvgIpc) is 2.96. The third-order valence-electron chi connectivity index (χ3n) is 3.95. The van der Waals surface area contributed by atoms with Crippen LogP contribution in [0.5, 0.6) is 17.2 Å². The molecule has 0 aromatic heterocycles. The van der Waals surface area contributed by atoms with Crippen LogP contribution in [0.2, 0.25) is 0 Å². The van der Waals surface area contributed by atoms with Gasteiger partial charge in [0.2, 0.25) is 0 Å². The summed E-state index contributed by atoms with van der Waals surface area (Å²) >= 11 is 0.878. The summed E-state index contributed by atoms with van der Waals surface area (Å²) in [5.41, 5.74) is 0.719. The predicted octanol–water partition coefficient (Wildman–Crippen LogP) is 3.74. The lowest BCUT2D eigenvalue weighted by Gasteiger charge is -2.14. The first-order valence-electron chi connectivity index (χ1n) is 8.77. The first kappa shape index (κ1) is 20.5. The fourth-order valence-corrected chi connectivity index (χ4v) is 3.49. The van der Waals surface area contributed by atoms with Crippen molar-refractivity contribution in [1.82, 2.24) is 4.90 Å². The number of carbonyl (C=O) groups excluding carboxylic acids is 3. The van der Waals surface area contributed by atoms with E-state index < -0.39 is 5.97 Å². The number of methoxy groups -OCH3 is 1. The molecule has 0 bridgehead atoms. The molecule has 0 spiro atoms. The molecule has 1 saturated heterocycles. The molecule has 1 aliphatic heterocycles. The van der Waals surface area contributed by atoms with Crippen LogP contribution in [0.25, 0.3) is 6.08 Å². The summed E-state index contributed by atoms with van der Waals surface area (Å²) in [5, 5.41) is -0.346. The molecule has 0 aliphatic carbocycles. The van der Waals surface area contributed by atoms with Crippen LogP contribution in [-0.2, 0) is 9.59 Å². The molecule has 1 aliphatic rings. The van der Waals surface area contributed by atoms with Crippen LogP contribution in [0.15, 0.2) is 53.4 Å². The number of benzene rings is 2. The van der Waals surface area contributed by atoms with E-state index in [0.717, 1.165) is 22.2 Å². The van der Waals surface area contributed by atoms with Crippen LogP contribution in [0.4, 0.5) is 4.79 Å². The largest absolute Gasteiger partial charge is 0.493 e. The number of hydrogen-bond donors (Lipinski definition) is 0. The molecule has 1 heterocycles. The first-order chi connectivity index (χ1) is 14.0. The summed E-state index contributed by atoms with van der Waals surface area (Å²) in [6, 6.07) is 13.8. The van der Waals surface area contributed by atoms with Crippen molar-refractivity contribution in [3.8, 4) is 17.2 Å². The molecule has 0 radical (unpaired) electrons. The van der Waals surface area contributed by atoms with E-state index >= 15 is 0 Å². The molecular formula is C21H19NO6S. The Kier molecular flexibility index (Phi) is 6.56. The van der Waals surface area contributed by atoms with Crippen LogP contribution in [0.3, 0.4) is 0 Å². The molecule has 0 atom stereocenters. The topological polar surface area (TPSA) is 82.1 Å². The van der Waals surface area contributed by atoms with Crippen LogP contribution in [-0.4, -0.2) is 42.3 Å². The Labute approximate surface area is 172 Å². The van der Waals surface area contributed by atoms with Crippen molar-refractivity contribution in [2.24, 2.45) is 0 Å². The van der Waals surface area contributed by atoms with Crippen LogP contribution in [0, 0.1) is 0 Å². The number of ether oxygens (including phenoxy) is 3. The highest BCUT2D eigenvalue weighted by molar-refractivity contribution is 8.18. The van der Waals surface area contributed by atoms with Gasteiger partial charge in [0.25, 0.3) is 11.1 Å². The minimum Gasteiger partial charge on any atom is -0.493 e. The monoisotopic (exact) mass is 413 g/mol. The smallest absolute Gasteiger partial charge is 0.308 e. The second-order valence-corrected chi connectivity index (χ2v) is 6.99. The van der Waals surface area contributed by atoms with Gasteiger partial charge in [0.05, 0.1) is 18.6 Å². The van der Waals surface area contributed by atoms with Gasteiger partial charge in [-0.1, -0.05) is 24.3 Å². The summed E-state index contributed by atoms with van der Waals surface area (Å²) in [4.78, 5) is 37.2. The highest BCUT2D eigenvalue weighted by Gasteiger charge is 2.34. The van der Waals surface area contributed by atoms with Crippen molar-refractivity contribution < 1.29 is 28.6 Å². The Morgan fingerprint density at radius 2 is 1.76 bits per heavy atom. The Balaban J connectivity index is 1.61. The molecule has 0 N–H and O–H groups in total. The summed E-state index contributed by atoms with van der Waals surface area (Å²) in [6.07, 6.45) is 1.63. The highest BCUT2D eigenvalue weighted by atomic mass is 32.2. The fourth-order valence-electron chi connectivity index (χ4n) is 2.63. The predicted molar refractivity (Wildman–Crippen MR) is 109 cm³/mol. The van der Waals surface area contributed by atoms with Gasteiger partial charge in [-0.25, -0.2) is 0 Å². The van der Waals surface area contributed by atoms with E-state index in [2.05, 4.69) is 0 Å². The van der Waals surface area contributed by atoms with Crippen molar-refractivity contribution in [2.75, 3.05) is 20.3 Å². The van der Waals surface area contributed by atoms with Crippen LogP contribution < -0.4 is 14.2 Å². The Morgan fingerprint density at radius 3 is 2.41 bits per heavy atom. The maximum absolute atomic E-state index is 12.6. The lowest BCUT2D eigenvalue weighted by molar-refractivity contribution is -0.131. The van der Waals surface area contributed by atoms with Crippen molar-refractivity contribution in [2.45, 2.75) is 6.92 Å². The summed E-state index contributed by atoms with van der Waals surface area (Å²) < 4.78 is 15.8. The molecule has 29 heavy (non-hydrogen) atoms. The second-order valence-electron chi connectivity index (χ2n) is 6.00. The van der Waals surface area contributed by atoms with Gasteiger partial charge in [-0.05, 0) is 47.7 Å². The molecule has 7 nitrogen and oxygen atoms in total. The zero-order valence-corrected chi connectivity index (χ0v) is 16.7. The minimum atomic E-state index is -0.408. The van der Waals surface area contributed by atoms with Gasteiger partial charge in [-0.15, -0.1) is 0 Å². The molecule has 1 fully saturated rings. The number of amides is 2. The SMILES string of the molecule is COc1ccccc1OCCN1C(=O)S/C(=C\c2ccc(OC(C)=O)cc2)C1=O. The van der Waals surface area contributed by atoms with Gasteiger partial charge in [0.15, 0.2) is 11.5 Å². The Morgan fingerprint density at radius 1 is 1.07 bits per heavy atom. The number of imide groups is 1. The van der Waals surface area contributed by atoms with Crippen molar-refractivity contribution in [1.29, 1.82) is 0 Å². The van der Waals surface area contributed by atoms with Crippen molar-refractivity contribution >= 4 is 35.0 Å². The molecule has 8 heteroatoms. The van der Waals surface area contributed by atoms with E-state index in [0.29, 0.717) is 22.2 Å². The number of nitrogens with zero attached hydrogens (tertiary/aromatic N) is 1. The number of carbonyl (C=O) groups is 3. The van der Waals surface area contributed by atoms with Gasteiger partial charge in [0.1, 0.15) is 12.4 Å². The molecule has 150 valence electrons. The Hall–Kier alpha value is -3.26. The standard InChI is InChI=1S/C21H19NO6S/c1-14(23)28-16-9-7-15(8-10-16)13-19-20(24)22(21(25)29-19)11-12-27-18-6-4-3-5-17(18)26-2/h3-10,13H,11-12H2,1-2H3/b19-13-. The van der Waals surface area contributed by atoms with Gasteiger partial charge >= 0.3 is 5.97 Å². The number of para-hydroxylation sites is 2. The Bertz CT molecular complexity index is 954. The third-order valence-corrected chi connectivity index (χ3v) is 4.86. The fraction of sp³-hybridized carbons (Fsp3) is 0.190. The van der Waals surface area contributed by atoms with E-state index in [-0.39, 0.29) is 24.3 Å². The van der Waals surface area contributed by atoms with Crippen LogP contribution >= 0.6 is 11.8 Å². The molecular weight excluding hydrogens is 394 g/mol. The minimum absolute atomic E-state index is 0.130. The van der Waals surface area contributed by atoms with E-state index in [1.54, 1.807) is 49.6 Å².